The van der Waals surface area contributed by atoms with Crippen LogP contribution in [0.4, 0.5) is 0 Å². The van der Waals surface area contributed by atoms with Crippen molar-refractivity contribution in [3.05, 3.63) is 33.3 Å². The number of rotatable bonds is 4. The molecule has 1 aliphatic rings. The summed E-state index contributed by atoms with van der Waals surface area (Å²) in [7, 11) is 0. The Kier molecular flexibility index (Phi) is 4.89. The monoisotopic (exact) mass is 315 g/mol. The Labute approximate surface area is 117 Å². The second-order valence-electron chi connectivity index (χ2n) is 4.75. The summed E-state index contributed by atoms with van der Waals surface area (Å²) in [5.41, 5.74) is 1.35. The van der Waals surface area contributed by atoms with Crippen LogP contribution in [0, 0.1) is 5.92 Å². The molecule has 94 valence electrons. The van der Waals surface area contributed by atoms with Crippen molar-refractivity contribution >= 4 is 27.5 Å². The van der Waals surface area contributed by atoms with E-state index in [1.165, 1.54) is 31.2 Å². The van der Waals surface area contributed by atoms with Gasteiger partial charge in [-0.25, -0.2) is 0 Å². The lowest BCUT2D eigenvalue weighted by Crippen LogP contribution is -2.27. The molecule has 0 saturated heterocycles. The van der Waals surface area contributed by atoms with Crippen LogP contribution >= 0.6 is 27.5 Å². The minimum atomic E-state index is 0.467. The van der Waals surface area contributed by atoms with Crippen LogP contribution in [0.1, 0.15) is 44.2 Å². The minimum absolute atomic E-state index is 0.467. The lowest BCUT2D eigenvalue weighted by atomic mass is 9.91. The molecular weight excluding hydrogens is 298 g/mol. The average molecular weight is 317 g/mol. The van der Waals surface area contributed by atoms with E-state index in [0.29, 0.717) is 6.04 Å². The van der Waals surface area contributed by atoms with Gasteiger partial charge in [-0.2, -0.15) is 0 Å². The van der Waals surface area contributed by atoms with Crippen molar-refractivity contribution in [3.63, 3.8) is 0 Å². The van der Waals surface area contributed by atoms with Gasteiger partial charge in [0.1, 0.15) is 0 Å². The Morgan fingerprint density at radius 1 is 1.41 bits per heavy atom. The molecule has 0 radical (unpaired) electrons. The standard InChI is InChI=1S/C14H19BrClN/c1-2-17-14(10-5-3-4-6-10)12-8-7-11(16)9-13(12)15/h7-10,14,17H,2-6H2,1H3. The van der Waals surface area contributed by atoms with Gasteiger partial charge in [-0.15, -0.1) is 0 Å². The molecule has 1 fully saturated rings. The van der Waals surface area contributed by atoms with E-state index < -0.39 is 0 Å². The molecule has 17 heavy (non-hydrogen) atoms. The van der Waals surface area contributed by atoms with Gasteiger partial charge in [0.05, 0.1) is 0 Å². The summed E-state index contributed by atoms with van der Waals surface area (Å²) in [6, 6.07) is 6.60. The normalized spacial score (nSPS) is 18.5. The third kappa shape index (κ3) is 3.24. The molecule has 0 bridgehead atoms. The van der Waals surface area contributed by atoms with E-state index in [4.69, 9.17) is 11.6 Å². The summed E-state index contributed by atoms with van der Waals surface area (Å²) >= 11 is 9.65. The molecular formula is C14H19BrClN. The van der Waals surface area contributed by atoms with E-state index in [1.807, 2.05) is 12.1 Å². The van der Waals surface area contributed by atoms with Crippen LogP contribution in [-0.2, 0) is 0 Å². The van der Waals surface area contributed by atoms with Crippen molar-refractivity contribution in [3.8, 4) is 0 Å². The molecule has 1 aromatic carbocycles. The first-order valence-electron chi connectivity index (χ1n) is 6.40. The first-order valence-corrected chi connectivity index (χ1v) is 7.57. The van der Waals surface area contributed by atoms with Gasteiger partial charge in [-0.1, -0.05) is 53.4 Å². The lowest BCUT2D eigenvalue weighted by molar-refractivity contribution is 0.373. The first kappa shape index (κ1) is 13.4. The zero-order chi connectivity index (χ0) is 12.3. The Bertz CT molecular complexity index is 374. The summed E-state index contributed by atoms with van der Waals surface area (Å²) in [5.74, 6) is 0.771. The maximum absolute atomic E-state index is 6.01. The van der Waals surface area contributed by atoms with Crippen LogP contribution < -0.4 is 5.32 Å². The van der Waals surface area contributed by atoms with Gasteiger partial charge >= 0.3 is 0 Å². The second-order valence-corrected chi connectivity index (χ2v) is 6.04. The molecule has 2 rings (SSSR count). The maximum atomic E-state index is 6.01. The number of halogens is 2. The number of nitrogens with one attached hydrogen (secondary N) is 1. The van der Waals surface area contributed by atoms with Crippen LogP contribution in [-0.4, -0.2) is 6.54 Å². The molecule has 1 unspecified atom stereocenters. The minimum Gasteiger partial charge on any atom is -0.310 e. The van der Waals surface area contributed by atoms with Gasteiger partial charge in [-0.3, -0.25) is 0 Å². The van der Waals surface area contributed by atoms with Crippen LogP contribution in [0.25, 0.3) is 0 Å². The van der Waals surface area contributed by atoms with E-state index in [0.717, 1.165) is 22.0 Å². The highest BCUT2D eigenvalue weighted by Crippen LogP contribution is 2.38. The van der Waals surface area contributed by atoms with E-state index in [9.17, 15) is 0 Å². The number of benzene rings is 1. The number of hydrogen-bond acceptors (Lipinski definition) is 1. The van der Waals surface area contributed by atoms with Gasteiger partial charge in [0.2, 0.25) is 0 Å². The molecule has 3 heteroatoms. The Morgan fingerprint density at radius 3 is 2.71 bits per heavy atom. The van der Waals surface area contributed by atoms with Crippen molar-refractivity contribution < 1.29 is 0 Å². The highest BCUT2D eigenvalue weighted by Gasteiger charge is 2.26. The molecule has 0 amide bonds. The fraction of sp³-hybridized carbons (Fsp3) is 0.571. The Balaban J connectivity index is 2.24. The van der Waals surface area contributed by atoms with Crippen molar-refractivity contribution in [1.82, 2.24) is 5.32 Å². The van der Waals surface area contributed by atoms with Gasteiger partial charge in [0.15, 0.2) is 0 Å². The molecule has 1 aromatic rings. The van der Waals surface area contributed by atoms with Crippen molar-refractivity contribution in [2.45, 2.75) is 38.6 Å². The topological polar surface area (TPSA) is 12.0 Å². The molecule has 1 saturated carbocycles. The summed E-state index contributed by atoms with van der Waals surface area (Å²) in [6.45, 7) is 3.18. The molecule has 0 heterocycles. The Morgan fingerprint density at radius 2 is 2.12 bits per heavy atom. The predicted octanol–water partition coefficient (Wildman–Crippen LogP) is 4.94. The third-order valence-electron chi connectivity index (χ3n) is 3.59. The van der Waals surface area contributed by atoms with Gasteiger partial charge in [0, 0.05) is 15.5 Å². The molecule has 0 spiro atoms. The SMILES string of the molecule is CCNC(c1ccc(Cl)cc1Br)C1CCCC1. The fourth-order valence-electron chi connectivity index (χ4n) is 2.79. The van der Waals surface area contributed by atoms with E-state index >= 15 is 0 Å². The molecule has 0 aromatic heterocycles. The average Bonchev–Trinajstić information content (AvgIpc) is 2.80. The predicted molar refractivity (Wildman–Crippen MR) is 77.5 cm³/mol. The molecule has 1 atom stereocenters. The molecule has 1 nitrogen and oxygen atoms in total. The second kappa shape index (κ2) is 6.21. The smallest absolute Gasteiger partial charge is 0.0417 e. The fourth-order valence-corrected chi connectivity index (χ4v) is 3.72. The largest absolute Gasteiger partial charge is 0.310 e. The summed E-state index contributed by atoms with van der Waals surface area (Å²) in [4.78, 5) is 0. The summed E-state index contributed by atoms with van der Waals surface area (Å²) < 4.78 is 1.13. The van der Waals surface area contributed by atoms with Crippen molar-refractivity contribution in [2.24, 2.45) is 5.92 Å². The summed E-state index contributed by atoms with van der Waals surface area (Å²) in [5, 5.41) is 4.42. The van der Waals surface area contributed by atoms with Crippen molar-refractivity contribution in [1.29, 1.82) is 0 Å². The quantitative estimate of drug-likeness (QED) is 0.829. The molecule has 1 aliphatic carbocycles. The van der Waals surface area contributed by atoms with Crippen molar-refractivity contribution in [2.75, 3.05) is 6.54 Å². The highest BCUT2D eigenvalue weighted by molar-refractivity contribution is 9.10. The zero-order valence-corrected chi connectivity index (χ0v) is 12.5. The van der Waals surface area contributed by atoms with Crippen LogP contribution in [0.3, 0.4) is 0 Å². The van der Waals surface area contributed by atoms with Crippen LogP contribution in [0.2, 0.25) is 5.02 Å². The maximum Gasteiger partial charge on any atom is 0.0417 e. The Hall–Kier alpha value is -0.0500. The van der Waals surface area contributed by atoms with E-state index in [-0.39, 0.29) is 0 Å². The number of hydrogen-bond donors (Lipinski definition) is 1. The third-order valence-corrected chi connectivity index (χ3v) is 4.51. The lowest BCUT2D eigenvalue weighted by Gasteiger charge is -2.26. The van der Waals surface area contributed by atoms with Gasteiger partial charge in [0.25, 0.3) is 0 Å². The van der Waals surface area contributed by atoms with E-state index in [2.05, 4.69) is 34.2 Å². The van der Waals surface area contributed by atoms with Gasteiger partial charge in [-0.05, 0) is 43.0 Å². The van der Waals surface area contributed by atoms with Crippen LogP contribution in [0.15, 0.2) is 22.7 Å². The highest BCUT2D eigenvalue weighted by atomic mass is 79.9. The van der Waals surface area contributed by atoms with E-state index in [1.54, 1.807) is 0 Å². The van der Waals surface area contributed by atoms with Gasteiger partial charge < -0.3 is 5.32 Å². The zero-order valence-electron chi connectivity index (χ0n) is 10.2. The molecule has 0 aliphatic heterocycles. The van der Waals surface area contributed by atoms with Crippen LogP contribution in [0.5, 0.6) is 0 Å². The molecule has 1 N–H and O–H groups in total. The first-order chi connectivity index (χ1) is 8.22. The summed E-state index contributed by atoms with van der Waals surface area (Å²) in [6.07, 6.45) is 5.43.